The number of nitrogen functional groups attached to an aromatic ring is 1. The van der Waals surface area contributed by atoms with E-state index in [1.54, 1.807) is 48.7 Å². The lowest BCUT2D eigenvalue weighted by Crippen LogP contribution is -2.33. The second kappa shape index (κ2) is 10.1. The molecule has 178 valence electrons. The molecule has 0 spiro atoms. The Morgan fingerprint density at radius 2 is 1.86 bits per heavy atom. The van der Waals surface area contributed by atoms with Crippen molar-refractivity contribution in [2.45, 2.75) is 19.9 Å². The third kappa shape index (κ3) is 5.30. The van der Waals surface area contributed by atoms with Crippen LogP contribution in [0.3, 0.4) is 0 Å². The van der Waals surface area contributed by atoms with Gasteiger partial charge in [-0.15, -0.1) is 0 Å². The monoisotopic (exact) mass is 470 g/mol. The molecule has 0 fully saturated rings. The molecule has 35 heavy (non-hydrogen) atoms. The number of pyridine rings is 1. The van der Waals surface area contributed by atoms with Crippen LogP contribution in [-0.4, -0.2) is 39.3 Å². The maximum absolute atomic E-state index is 13.3. The second-order valence-corrected chi connectivity index (χ2v) is 8.12. The maximum atomic E-state index is 13.3. The smallest absolute Gasteiger partial charge is 0.305 e. The zero-order valence-corrected chi connectivity index (χ0v) is 19.2. The number of aryl methyl sites for hydroxylation is 1. The molecule has 2 aromatic carbocycles. The van der Waals surface area contributed by atoms with Crippen LogP contribution in [-0.2, 0) is 11.3 Å². The Hall–Kier alpha value is -4.66. The number of hydrogen-bond donors (Lipinski definition) is 5. The van der Waals surface area contributed by atoms with E-state index in [0.717, 1.165) is 27.8 Å². The largest absolute Gasteiger partial charge is 0.481 e. The van der Waals surface area contributed by atoms with Gasteiger partial charge in [0.05, 0.1) is 13.0 Å². The Labute approximate surface area is 202 Å². The van der Waals surface area contributed by atoms with E-state index in [4.69, 9.17) is 16.2 Å². The van der Waals surface area contributed by atoms with Crippen LogP contribution < -0.4 is 16.0 Å². The number of aromatic amines is 1. The summed E-state index contributed by atoms with van der Waals surface area (Å²) in [6.07, 6.45) is 1.39. The summed E-state index contributed by atoms with van der Waals surface area (Å²) in [4.78, 5) is 33.5. The van der Waals surface area contributed by atoms with Crippen molar-refractivity contribution in [1.29, 1.82) is 5.41 Å². The molecule has 0 atom stereocenters. The average molecular weight is 471 g/mol. The number of anilines is 2. The third-order valence-electron chi connectivity index (χ3n) is 5.79. The highest BCUT2D eigenvalue weighted by Crippen LogP contribution is 2.25. The summed E-state index contributed by atoms with van der Waals surface area (Å²) < 4.78 is 0. The van der Waals surface area contributed by atoms with E-state index in [9.17, 15) is 9.59 Å². The van der Waals surface area contributed by atoms with Crippen LogP contribution >= 0.6 is 0 Å². The normalized spacial score (nSPS) is 10.8. The van der Waals surface area contributed by atoms with Gasteiger partial charge in [0.2, 0.25) is 0 Å². The molecule has 9 nitrogen and oxygen atoms in total. The fourth-order valence-corrected chi connectivity index (χ4v) is 3.86. The summed E-state index contributed by atoms with van der Waals surface area (Å²) in [5.74, 6) is -0.869. The molecule has 6 N–H and O–H groups in total. The van der Waals surface area contributed by atoms with Gasteiger partial charge in [0, 0.05) is 46.2 Å². The van der Waals surface area contributed by atoms with Gasteiger partial charge in [-0.2, -0.15) is 0 Å². The number of rotatable bonds is 9. The van der Waals surface area contributed by atoms with Crippen LogP contribution in [0.4, 0.5) is 11.5 Å². The van der Waals surface area contributed by atoms with E-state index in [2.05, 4.69) is 15.3 Å². The highest BCUT2D eigenvalue weighted by Gasteiger charge is 2.21. The molecular formula is C26H26N6O3. The van der Waals surface area contributed by atoms with Crippen LogP contribution in [0.2, 0.25) is 0 Å². The highest BCUT2D eigenvalue weighted by molar-refractivity contribution is 6.07. The van der Waals surface area contributed by atoms with Gasteiger partial charge in [0.25, 0.3) is 5.91 Å². The summed E-state index contributed by atoms with van der Waals surface area (Å²) >= 11 is 0. The number of H-pyrrole nitrogens is 1. The molecule has 0 aliphatic carbocycles. The molecule has 0 bridgehead atoms. The van der Waals surface area contributed by atoms with Gasteiger partial charge in [-0.05, 0) is 61.0 Å². The number of carboxylic acid groups (broad SMARTS) is 1. The van der Waals surface area contributed by atoms with E-state index in [-0.39, 0.29) is 24.7 Å². The number of nitrogens with zero attached hydrogens (tertiary/aromatic N) is 2. The molecule has 0 saturated carbocycles. The number of carbonyl (C=O) groups is 2. The zero-order valence-electron chi connectivity index (χ0n) is 19.2. The number of nitrogens with two attached hydrogens (primary N) is 1. The zero-order chi connectivity index (χ0) is 24.9. The van der Waals surface area contributed by atoms with Gasteiger partial charge in [0.1, 0.15) is 11.7 Å². The number of amides is 1. The van der Waals surface area contributed by atoms with Crippen LogP contribution in [0.25, 0.3) is 10.9 Å². The van der Waals surface area contributed by atoms with Crippen LogP contribution in [0.15, 0.2) is 66.9 Å². The van der Waals surface area contributed by atoms with Gasteiger partial charge in [-0.1, -0.05) is 12.1 Å². The molecule has 1 amide bonds. The van der Waals surface area contributed by atoms with Crippen molar-refractivity contribution in [3.63, 3.8) is 0 Å². The van der Waals surface area contributed by atoms with E-state index >= 15 is 0 Å². The number of carboxylic acids is 1. The van der Waals surface area contributed by atoms with Crippen molar-refractivity contribution in [2.24, 2.45) is 5.73 Å². The SMILES string of the molecule is Cc1c(CNc2ccc(C(=N)N)cc2)[nH]c2cc(C(=O)N(CCC(=O)O)c3ccccn3)ccc12. The first-order valence-electron chi connectivity index (χ1n) is 11.1. The predicted molar refractivity (Wildman–Crippen MR) is 136 cm³/mol. The van der Waals surface area contributed by atoms with Gasteiger partial charge in [-0.25, -0.2) is 4.98 Å². The standard InChI is InChI=1S/C26H26N6O3/c1-16-20-10-7-18(26(35)32(13-11-24(33)34)23-4-2-3-12-29-23)14-21(20)31-22(16)15-30-19-8-5-17(6-9-19)25(27)28/h2-10,12,14,30-31H,11,13,15H2,1H3,(H3,27,28)(H,33,34). The summed E-state index contributed by atoms with van der Waals surface area (Å²) in [6, 6.07) is 17.9. The Bertz CT molecular complexity index is 1380. The van der Waals surface area contributed by atoms with Crippen molar-refractivity contribution in [2.75, 3.05) is 16.8 Å². The number of aliphatic carboxylic acids is 1. The fourth-order valence-electron chi connectivity index (χ4n) is 3.86. The highest BCUT2D eigenvalue weighted by atomic mass is 16.4. The van der Waals surface area contributed by atoms with Gasteiger partial charge in [-0.3, -0.25) is 19.9 Å². The topological polar surface area (TPSA) is 148 Å². The second-order valence-electron chi connectivity index (χ2n) is 8.12. The molecule has 0 aliphatic heterocycles. The van der Waals surface area contributed by atoms with Crippen LogP contribution in [0.1, 0.15) is 33.6 Å². The number of fused-ring (bicyclic) bond motifs is 1. The van der Waals surface area contributed by atoms with E-state index < -0.39 is 5.97 Å². The Kier molecular flexibility index (Phi) is 6.77. The Morgan fingerprint density at radius 3 is 2.51 bits per heavy atom. The first-order valence-corrected chi connectivity index (χ1v) is 11.1. The number of benzene rings is 2. The minimum atomic E-state index is -0.984. The number of aromatic nitrogens is 2. The van der Waals surface area contributed by atoms with Crippen LogP contribution in [0, 0.1) is 12.3 Å². The Morgan fingerprint density at radius 1 is 1.11 bits per heavy atom. The van der Waals surface area contributed by atoms with E-state index in [0.29, 0.717) is 23.5 Å². The maximum Gasteiger partial charge on any atom is 0.305 e. The molecule has 0 unspecified atom stereocenters. The Balaban J connectivity index is 1.56. The molecular weight excluding hydrogens is 444 g/mol. The molecule has 2 aromatic heterocycles. The summed E-state index contributed by atoms with van der Waals surface area (Å²) in [6.45, 7) is 2.58. The lowest BCUT2D eigenvalue weighted by Gasteiger charge is -2.21. The first kappa shape index (κ1) is 23.5. The quantitative estimate of drug-likeness (QED) is 0.185. The average Bonchev–Trinajstić information content (AvgIpc) is 3.18. The summed E-state index contributed by atoms with van der Waals surface area (Å²) in [5, 5.41) is 21.0. The molecule has 0 aliphatic rings. The third-order valence-corrected chi connectivity index (χ3v) is 5.79. The van der Waals surface area contributed by atoms with E-state index in [1.807, 2.05) is 25.1 Å². The van der Waals surface area contributed by atoms with Gasteiger partial charge >= 0.3 is 5.97 Å². The molecule has 9 heteroatoms. The minimum Gasteiger partial charge on any atom is -0.481 e. The molecule has 2 heterocycles. The summed E-state index contributed by atoms with van der Waals surface area (Å²) in [7, 11) is 0. The first-order chi connectivity index (χ1) is 16.8. The number of hydrogen-bond acceptors (Lipinski definition) is 5. The predicted octanol–water partition coefficient (Wildman–Crippen LogP) is 3.89. The lowest BCUT2D eigenvalue weighted by atomic mass is 10.1. The molecule has 4 aromatic rings. The lowest BCUT2D eigenvalue weighted by molar-refractivity contribution is -0.136. The number of amidine groups is 1. The van der Waals surface area contributed by atoms with E-state index in [1.165, 1.54) is 4.90 Å². The van der Waals surface area contributed by atoms with Crippen molar-refractivity contribution in [3.05, 3.63) is 89.2 Å². The molecule has 0 radical (unpaired) electrons. The van der Waals surface area contributed by atoms with Crippen molar-refractivity contribution in [3.8, 4) is 0 Å². The van der Waals surface area contributed by atoms with Gasteiger partial charge < -0.3 is 21.1 Å². The minimum absolute atomic E-state index is 0.0184. The number of carbonyl (C=O) groups excluding carboxylic acids is 1. The number of nitrogens with one attached hydrogen (secondary N) is 3. The van der Waals surface area contributed by atoms with Crippen molar-refractivity contribution >= 4 is 40.1 Å². The van der Waals surface area contributed by atoms with Crippen molar-refractivity contribution in [1.82, 2.24) is 9.97 Å². The summed E-state index contributed by atoms with van der Waals surface area (Å²) in [5.41, 5.74) is 10.4. The van der Waals surface area contributed by atoms with Crippen molar-refractivity contribution < 1.29 is 14.7 Å². The molecule has 4 rings (SSSR count). The fraction of sp³-hybridized carbons (Fsp3) is 0.154. The molecule has 0 saturated heterocycles. The van der Waals surface area contributed by atoms with Crippen LogP contribution in [0.5, 0.6) is 0 Å². The van der Waals surface area contributed by atoms with Gasteiger partial charge in [0.15, 0.2) is 0 Å².